The van der Waals surface area contributed by atoms with Crippen LogP contribution in [0.3, 0.4) is 0 Å². The van der Waals surface area contributed by atoms with Crippen LogP contribution in [0.5, 0.6) is 11.5 Å². The molecule has 1 aliphatic rings. The third-order valence-corrected chi connectivity index (χ3v) is 9.66. The minimum atomic E-state index is -4.14. The SMILES string of the molecule is CCOc1ccc(N(CC(=O)N(Cc2cccc(OC)c2)C(CC)C(=O)NC2CCCCC2)S(=O)(=O)c2ccccc2)cc1. The Morgan fingerprint density at radius 2 is 1.61 bits per heavy atom. The smallest absolute Gasteiger partial charge is 0.264 e. The number of carbonyl (C=O) groups is 2. The van der Waals surface area contributed by atoms with Crippen molar-refractivity contribution in [2.24, 2.45) is 0 Å². The van der Waals surface area contributed by atoms with Gasteiger partial charge in [0.25, 0.3) is 10.0 Å². The van der Waals surface area contributed by atoms with E-state index in [9.17, 15) is 18.0 Å². The van der Waals surface area contributed by atoms with Crippen molar-refractivity contribution in [1.82, 2.24) is 10.2 Å². The lowest BCUT2D eigenvalue weighted by atomic mass is 9.95. The second-order valence-corrected chi connectivity index (χ2v) is 12.8. The molecule has 0 aromatic heterocycles. The average molecular weight is 622 g/mol. The van der Waals surface area contributed by atoms with E-state index in [1.807, 2.05) is 38.1 Å². The van der Waals surface area contributed by atoms with Crippen LogP contribution in [0.4, 0.5) is 5.69 Å². The van der Waals surface area contributed by atoms with Crippen molar-refractivity contribution >= 4 is 27.5 Å². The molecule has 0 heterocycles. The molecule has 1 N–H and O–H groups in total. The Morgan fingerprint density at radius 3 is 2.25 bits per heavy atom. The lowest BCUT2D eigenvalue weighted by Crippen LogP contribution is -2.54. The maximum atomic E-state index is 14.3. The van der Waals surface area contributed by atoms with E-state index in [-0.39, 0.29) is 23.4 Å². The maximum absolute atomic E-state index is 14.3. The number of sulfonamides is 1. The van der Waals surface area contributed by atoms with Crippen LogP contribution in [-0.2, 0) is 26.2 Å². The third kappa shape index (κ3) is 8.31. The lowest BCUT2D eigenvalue weighted by Gasteiger charge is -2.34. The number of nitrogens with zero attached hydrogens (tertiary/aromatic N) is 2. The van der Waals surface area contributed by atoms with Crippen LogP contribution in [0.25, 0.3) is 0 Å². The van der Waals surface area contributed by atoms with Gasteiger partial charge in [0, 0.05) is 12.6 Å². The molecule has 0 spiro atoms. The molecule has 3 aromatic carbocycles. The van der Waals surface area contributed by atoms with Crippen molar-refractivity contribution in [1.29, 1.82) is 0 Å². The van der Waals surface area contributed by atoms with E-state index in [1.165, 1.54) is 17.0 Å². The van der Waals surface area contributed by atoms with E-state index in [2.05, 4.69) is 5.32 Å². The van der Waals surface area contributed by atoms with Crippen LogP contribution in [-0.4, -0.2) is 57.5 Å². The number of anilines is 1. The zero-order valence-electron chi connectivity index (χ0n) is 25.8. The first-order chi connectivity index (χ1) is 21.3. The minimum absolute atomic E-state index is 0.0584. The molecule has 10 heteroatoms. The van der Waals surface area contributed by atoms with Crippen molar-refractivity contribution in [3.05, 3.63) is 84.4 Å². The molecular weight excluding hydrogens is 578 g/mol. The van der Waals surface area contributed by atoms with E-state index in [0.717, 1.165) is 42.0 Å². The fourth-order valence-corrected chi connectivity index (χ4v) is 6.99. The normalized spacial score (nSPS) is 14.3. The molecule has 0 radical (unpaired) electrons. The summed E-state index contributed by atoms with van der Waals surface area (Å²) in [6, 6.07) is 21.2. The highest BCUT2D eigenvalue weighted by atomic mass is 32.2. The molecule has 1 unspecified atom stereocenters. The van der Waals surface area contributed by atoms with Crippen molar-refractivity contribution in [2.75, 3.05) is 24.6 Å². The van der Waals surface area contributed by atoms with Crippen molar-refractivity contribution < 1.29 is 27.5 Å². The number of methoxy groups -OCH3 is 1. The van der Waals surface area contributed by atoms with Gasteiger partial charge in [-0.15, -0.1) is 0 Å². The number of hydrogen-bond donors (Lipinski definition) is 1. The minimum Gasteiger partial charge on any atom is -0.497 e. The maximum Gasteiger partial charge on any atom is 0.264 e. The highest BCUT2D eigenvalue weighted by molar-refractivity contribution is 7.92. The number of carbonyl (C=O) groups excluding carboxylic acids is 2. The summed E-state index contributed by atoms with van der Waals surface area (Å²) in [6.07, 6.45) is 5.45. The zero-order valence-corrected chi connectivity index (χ0v) is 26.6. The summed E-state index contributed by atoms with van der Waals surface area (Å²) in [6.45, 7) is 3.80. The van der Waals surface area contributed by atoms with Crippen LogP contribution < -0.4 is 19.1 Å². The number of rotatable bonds is 14. The molecule has 2 amide bonds. The summed E-state index contributed by atoms with van der Waals surface area (Å²) < 4.78 is 40.1. The third-order valence-electron chi connectivity index (χ3n) is 7.87. The number of amides is 2. The summed E-state index contributed by atoms with van der Waals surface area (Å²) in [4.78, 5) is 29.6. The van der Waals surface area contributed by atoms with Crippen LogP contribution in [0.2, 0.25) is 0 Å². The molecule has 0 aliphatic heterocycles. The molecule has 1 saturated carbocycles. The summed E-state index contributed by atoms with van der Waals surface area (Å²) >= 11 is 0. The first kappa shape index (κ1) is 32.9. The van der Waals surface area contributed by atoms with Crippen molar-refractivity contribution in [2.45, 2.75) is 75.9 Å². The standard InChI is InChI=1S/C34H43N3O6S/c1-4-32(34(39)35-27-14-8-6-9-15-27)36(24-26-13-12-16-30(23-26)42-3)33(38)25-37(28-19-21-29(22-20-28)43-5-2)44(40,41)31-17-10-7-11-18-31/h7,10-13,16-23,27,32H,4-6,8-9,14-15,24-25H2,1-3H3,(H,35,39). The first-order valence-electron chi connectivity index (χ1n) is 15.3. The summed E-state index contributed by atoms with van der Waals surface area (Å²) in [5.74, 6) is 0.489. The second-order valence-electron chi connectivity index (χ2n) is 10.9. The fraction of sp³-hybridized carbons (Fsp3) is 0.412. The van der Waals surface area contributed by atoms with Gasteiger partial charge in [-0.2, -0.15) is 0 Å². The topological polar surface area (TPSA) is 105 Å². The molecule has 1 fully saturated rings. The summed E-state index contributed by atoms with van der Waals surface area (Å²) in [5.41, 5.74) is 1.08. The van der Waals surface area contributed by atoms with Crippen LogP contribution in [0, 0.1) is 0 Å². The van der Waals surface area contributed by atoms with Gasteiger partial charge < -0.3 is 19.7 Å². The molecule has 3 aromatic rings. The zero-order chi connectivity index (χ0) is 31.5. The Kier molecular flexibility index (Phi) is 11.7. The molecule has 1 aliphatic carbocycles. The Labute approximate surface area is 261 Å². The Bertz CT molecular complexity index is 1470. The van der Waals surface area contributed by atoms with Gasteiger partial charge in [-0.1, -0.05) is 56.5 Å². The molecule has 0 bridgehead atoms. The van der Waals surface area contributed by atoms with Crippen LogP contribution in [0.1, 0.15) is 57.9 Å². The number of ether oxygens (including phenoxy) is 2. The molecular formula is C34H43N3O6S. The van der Waals surface area contributed by atoms with Gasteiger partial charge in [0.15, 0.2) is 0 Å². The first-order valence-corrected chi connectivity index (χ1v) is 16.7. The Morgan fingerprint density at radius 1 is 0.909 bits per heavy atom. The van der Waals surface area contributed by atoms with Crippen molar-refractivity contribution in [3.8, 4) is 11.5 Å². The summed E-state index contributed by atoms with van der Waals surface area (Å²) in [7, 11) is -2.58. The van der Waals surface area contributed by atoms with Gasteiger partial charge in [-0.3, -0.25) is 13.9 Å². The quantitative estimate of drug-likeness (QED) is 0.253. The molecule has 1 atom stereocenters. The lowest BCUT2D eigenvalue weighted by molar-refractivity contribution is -0.140. The number of hydrogen-bond acceptors (Lipinski definition) is 6. The van der Waals surface area contributed by atoms with Gasteiger partial charge in [0.05, 0.1) is 24.3 Å². The molecule has 44 heavy (non-hydrogen) atoms. The molecule has 4 rings (SSSR count). The highest BCUT2D eigenvalue weighted by Gasteiger charge is 2.34. The van der Waals surface area contributed by atoms with Gasteiger partial charge in [0.1, 0.15) is 24.1 Å². The second kappa shape index (κ2) is 15.6. The predicted molar refractivity (Wildman–Crippen MR) is 171 cm³/mol. The largest absolute Gasteiger partial charge is 0.497 e. The average Bonchev–Trinajstić information content (AvgIpc) is 3.05. The summed E-state index contributed by atoms with van der Waals surface area (Å²) in [5, 5.41) is 3.17. The van der Waals surface area contributed by atoms with Crippen molar-refractivity contribution in [3.63, 3.8) is 0 Å². The van der Waals surface area contributed by atoms with E-state index < -0.39 is 28.5 Å². The van der Waals surface area contributed by atoms with E-state index in [0.29, 0.717) is 30.2 Å². The predicted octanol–water partition coefficient (Wildman–Crippen LogP) is 5.55. The molecule has 9 nitrogen and oxygen atoms in total. The van der Waals surface area contributed by atoms with Crippen LogP contribution >= 0.6 is 0 Å². The van der Waals surface area contributed by atoms with E-state index in [4.69, 9.17) is 9.47 Å². The van der Waals surface area contributed by atoms with Crippen LogP contribution in [0.15, 0.2) is 83.8 Å². The van der Waals surface area contributed by atoms with Gasteiger partial charge in [-0.05, 0) is 80.3 Å². The Balaban J connectivity index is 1.70. The number of benzene rings is 3. The van der Waals surface area contributed by atoms with Gasteiger partial charge >= 0.3 is 0 Å². The Hall–Kier alpha value is -4.05. The van der Waals surface area contributed by atoms with E-state index >= 15 is 0 Å². The fourth-order valence-electron chi connectivity index (χ4n) is 5.56. The van der Waals surface area contributed by atoms with Gasteiger partial charge in [-0.25, -0.2) is 8.42 Å². The monoisotopic (exact) mass is 621 g/mol. The van der Waals surface area contributed by atoms with Gasteiger partial charge in [0.2, 0.25) is 11.8 Å². The number of nitrogens with one attached hydrogen (secondary N) is 1. The van der Waals surface area contributed by atoms with E-state index in [1.54, 1.807) is 49.6 Å². The highest BCUT2D eigenvalue weighted by Crippen LogP contribution is 2.27. The molecule has 0 saturated heterocycles. The molecule has 236 valence electrons.